The lowest BCUT2D eigenvalue weighted by atomic mass is 9.85. The molecule has 0 fully saturated rings. The predicted octanol–water partition coefficient (Wildman–Crippen LogP) is 3.15. The minimum absolute atomic E-state index is 0.199. The van der Waals surface area contributed by atoms with Gasteiger partial charge in [-0.2, -0.15) is 8.75 Å². The number of carbonyl (C=O) groups excluding carboxylic acids is 1. The Kier molecular flexibility index (Phi) is 3.57. The quantitative estimate of drug-likeness (QED) is 0.538. The first-order valence-corrected chi connectivity index (χ1v) is 8.12. The van der Waals surface area contributed by atoms with E-state index in [1.54, 1.807) is 20.3 Å². The third kappa shape index (κ3) is 2.28. The highest BCUT2D eigenvalue weighted by atomic mass is 32.1. The van der Waals surface area contributed by atoms with Gasteiger partial charge in [-0.3, -0.25) is 4.79 Å². The fourth-order valence-corrected chi connectivity index (χ4v) is 3.63. The maximum atomic E-state index is 12.1. The average Bonchev–Trinajstić information content (AvgIpc) is 3.09. The Balaban J connectivity index is 1.94. The highest BCUT2D eigenvalue weighted by molar-refractivity contribution is 7.00. The van der Waals surface area contributed by atoms with Crippen molar-refractivity contribution in [1.29, 1.82) is 0 Å². The molecule has 1 aliphatic rings. The molecule has 7 heteroatoms. The van der Waals surface area contributed by atoms with Crippen molar-refractivity contribution in [2.45, 2.75) is 12.3 Å². The summed E-state index contributed by atoms with van der Waals surface area (Å²) in [5.74, 6) is 1.43. The zero-order valence-corrected chi connectivity index (χ0v) is 13.9. The number of esters is 1. The Hall–Kier alpha value is -2.67. The molecule has 1 aliphatic heterocycles. The number of fused-ring (bicyclic) bond motifs is 3. The van der Waals surface area contributed by atoms with Crippen LogP contribution in [0.2, 0.25) is 0 Å². The molecule has 4 rings (SSSR count). The molecule has 0 unspecified atom stereocenters. The lowest BCUT2D eigenvalue weighted by molar-refractivity contribution is -0.135. The molecule has 122 valence electrons. The lowest BCUT2D eigenvalue weighted by Gasteiger charge is -2.26. The highest BCUT2D eigenvalue weighted by Gasteiger charge is 2.33. The van der Waals surface area contributed by atoms with E-state index in [0.29, 0.717) is 17.2 Å². The van der Waals surface area contributed by atoms with Crippen molar-refractivity contribution >= 4 is 28.7 Å². The number of hydrogen-bond acceptors (Lipinski definition) is 7. The minimum atomic E-state index is -0.270. The van der Waals surface area contributed by atoms with E-state index >= 15 is 0 Å². The van der Waals surface area contributed by atoms with E-state index in [1.165, 1.54) is 0 Å². The van der Waals surface area contributed by atoms with Crippen LogP contribution in [-0.2, 0) is 4.79 Å². The predicted molar refractivity (Wildman–Crippen MR) is 89.1 cm³/mol. The third-order valence-electron chi connectivity index (χ3n) is 4.19. The van der Waals surface area contributed by atoms with Gasteiger partial charge in [-0.25, -0.2) is 0 Å². The Morgan fingerprint density at radius 1 is 1.17 bits per heavy atom. The zero-order valence-electron chi connectivity index (χ0n) is 13.1. The van der Waals surface area contributed by atoms with Crippen LogP contribution in [0, 0.1) is 0 Å². The number of ether oxygens (including phenoxy) is 3. The zero-order chi connectivity index (χ0) is 16.7. The van der Waals surface area contributed by atoms with Crippen LogP contribution in [0.25, 0.3) is 11.0 Å². The smallest absolute Gasteiger partial charge is 0.312 e. The standard InChI is InChI=1S/C17H14N2O4S/c1-21-9-3-4-10(14(7-9)22-2)11-8-15(20)23-13-6-5-12-17(16(11)13)19-24-18-12/h3-7,11H,8H2,1-2H3/t11-/m1/s1. The summed E-state index contributed by atoms with van der Waals surface area (Å²) in [6.45, 7) is 0. The van der Waals surface area contributed by atoms with Crippen molar-refractivity contribution in [1.82, 2.24) is 8.75 Å². The molecule has 0 spiro atoms. The molecule has 0 bridgehead atoms. The van der Waals surface area contributed by atoms with Crippen molar-refractivity contribution in [2.24, 2.45) is 0 Å². The van der Waals surface area contributed by atoms with Crippen molar-refractivity contribution in [2.75, 3.05) is 14.2 Å². The van der Waals surface area contributed by atoms with E-state index in [1.807, 2.05) is 24.3 Å². The molecule has 6 nitrogen and oxygen atoms in total. The van der Waals surface area contributed by atoms with E-state index in [2.05, 4.69) is 8.75 Å². The number of rotatable bonds is 3. The van der Waals surface area contributed by atoms with Crippen molar-refractivity contribution in [3.63, 3.8) is 0 Å². The number of benzene rings is 2. The summed E-state index contributed by atoms with van der Waals surface area (Å²) in [6.07, 6.45) is 0.229. The Bertz CT molecular complexity index is 937. The maximum Gasteiger partial charge on any atom is 0.312 e. The normalized spacial score (nSPS) is 16.6. The van der Waals surface area contributed by atoms with Gasteiger partial charge in [0, 0.05) is 23.1 Å². The van der Waals surface area contributed by atoms with Crippen LogP contribution >= 0.6 is 11.7 Å². The molecule has 0 saturated carbocycles. The maximum absolute atomic E-state index is 12.1. The Morgan fingerprint density at radius 2 is 2.04 bits per heavy atom. The molecule has 0 N–H and O–H groups in total. The summed E-state index contributed by atoms with van der Waals surface area (Å²) in [5, 5.41) is 0. The van der Waals surface area contributed by atoms with Gasteiger partial charge in [0.05, 0.1) is 32.4 Å². The van der Waals surface area contributed by atoms with Gasteiger partial charge in [0.2, 0.25) is 0 Å². The monoisotopic (exact) mass is 342 g/mol. The van der Waals surface area contributed by atoms with Gasteiger partial charge in [0.1, 0.15) is 28.3 Å². The van der Waals surface area contributed by atoms with Gasteiger partial charge in [0.15, 0.2) is 0 Å². The van der Waals surface area contributed by atoms with E-state index in [0.717, 1.165) is 33.9 Å². The van der Waals surface area contributed by atoms with Crippen molar-refractivity contribution in [3.05, 3.63) is 41.5 Å². The van der Waals surface area contributed by atoms with Crippen LogP contribution in [0.15, 0.2) is 30.3 Å². The molecule has 1 atom stereocenters. The summed E-state index contributed by atoms with van der Waals surface area (Å²) in [5.41, 5.74) is 3.35. The first kappa shape index (κ1) is 14.9. The second-order valence-electron chi connectivity index (χ2n) is 5.45. The molecule has 2 aromatic carbocycles. The molecular formula is C17H14N2O4S. The molecule has 2 heterocycles. The van der Waals surface area contributed by atoms with Gasteiger partial charge in [-0.15, -0.1) is 0 Å². The molecule has 0 aliphatic carbocycles. The van der Waals surface area contributed by atoms with Crippen LogP contribution in [-0.4, -0.2) is 28.9 Å². The first-order valence-electron chi connectivity index (χ1n) is 7.39. The van der Waals surface area contributed by atoms with Crippen LogP contribution in [0.3, 0.4) is 0 Å². The molecule has 0 saturated heterocycles. The number of nitrogens with zero attached hydrogens (tertiary/aromatic N) is 2. The first-order chi connectivity index (χ1) is 11.7. The summed E-state index contributed by atoms with van der Waals surface area (Å²) >= 11 is 1.15. The molecule has 3 aromatic rings. The van der Waals surface area contributed by atoms with Gasteiger partial charge in [-0.05, 0) is 18.2 Å². The second kappa shape index (κ2) is 5.76. The number of methoxy groups -OCH3 is 2. The SMILES string of the molecule is COc1ccc([C@H]2CC(=O)Oc3ccc4nsnc4c32)c(OC)c1. The van der Waals surface area contributed by atoms with Crippen LogP contribution < -0.4 is 14.2 Å². The summed E-state index contributed by atoms with van der Waals surface area (Å²) in [4.78, 5) is 12.1. The molecule has 0 amide bonds. The molecule has 1 aromatic heterocycles. The summed E-state index contributed by atoms with van der Waals surface area (Å²) in [6, 6.07) is 9.19. The van der Waals surface area contributed by atoms with E-state index in [-0.39, 0.29) is 18.3 Å². The van der Waals surface area contributed by atoms with Crippen LogP contribution in [0.4, 0.5) is 0 Å². The van der Waals surface area contributed by atoms with Crippen molar-refractivity contribution < 1.29 is 19.0 Å². The van der Waals surface area contributed by atoms with E-state index < -0.39 is 0 Å². The van der Waals surface area contributed by atoms with E-state index in [4.69, 9.17) is 14.2 Å². The fourth-order valence-electron chi connectivity index (χ4n) is 3.08. The molecule has 0 radical (unpaired) electrons. The average molecular weight is 342 g/mol. The number of aromatic nitrogens is 2. The fraction of sp³-hybridized carbons (Fsp3) is 0.235. The largest absolute Gasteiger partial charge is 0.497 e. The minimum Gasteiger partial charge on any atom is -0.497 e. The lowest BCUT2D eigenvalue weighted by Crippen LogP contribution is -2.21. The molecule has 24 heavy (non-hydrogen) atoms. The number of hydrogen-bond donors (Lipinski definition) is 0. The van der Waals surface area contributed by atoms with E-state index in [9.17, 15) is 4.79 Å². The third-order valence-corrected chi connectivity index (χ3v) is 4.73. The van der Waals surface area contributed by atoms with Gasteiger partial charge >= 0.3 is 5.97 Å². The van der Waals surface area contributed by atoms with Crippen LogP contribution in [0.1, 0.15) is 23.5 Å². The van der Waals surface area contributed by atoms with Gasteiger partial charge in [0.25, 0.3) is 0 Å². The number of carbonyl (C=O) groups is 1. The van der Waals surface area contributed by atoms with Gasteiger partial charge in [-0.1, -0.05) is 6.07 Å². The highest BCUT2D eigenvalue weighted by Crippen LogP contribution is 2.45. The summed E-state index contributed by atoms with van der Waals surface area (Å²) < 4.78 is 24.9. The Morgan fingerprint density at radius 3 is 2.83 bits per heavy atom. The Labute approximate surface area is 142 Å². The van der Waals surface area contributed by atoms with Crippen LogP contribution in [0.5, 0.6) is 17.2 Å². The second-order valence-corrected chi connectivity index (χ2v) is 5.98. The van der Waals surface area contributed by atoms with Gasteiger partial charge < -0.3 is 14.2 Å². The van der Waals surface area contributed by atoms with Crippen molar-refractivity contribution in [3.8, 4) is 17.2 Å². The molecular weight excluding hydrogens is 328 g/mol. The topological polar surface area (TPSA) is 70.5 Å². The summed E-state index contributed by atoms with van der Waals surface area (Å²) in [7, 11) is 3.21.